The maximum Gasteiger partial charge on any atom is 0.491 e. The SMILES string of the molecule is C[C@H](NC(=O)c1ccc2c(c1)B(O)OC2)[C@H](NC(=O)c1ccc2c(c1)B(O)OC2)C(=O)N1CC(O)C[C@H]1CC(=O)ON1C(=O)CCC1=O. The molecule has 0 bridgehead atoms. The molecule has 2 saturated heterocycles. The molecule has 5 N–H and O–H groups in total. The Kier molecular flexibility index (Phi) is 9.35. The van der Waals surface area contributed by atoms with Gasteiger partial charge in [0.2, 0.25) is 5.91 Å². The summed E-state index contributed by atoms with van der Waals surface area (Å²) in [6.45, 7) is 1.63. The third-order valence-electron chi connectivity index (χ3n) is 8.83. The van der Waals surface area contributed by atoms with E-state index in [1.807, 2.05) is 0 Å². The average molecular weight is 662 g/mol. The number of benzene rings is 2. The summed E-state index contributed by atoms with van der Waals surface area (Å²) < 4.78 is 10.4. The van der Waals surface area contributed by atoms with Gasteiger partial charge >= 0.3 is 20.2 Å². The molecular formula is C30H32B2N4O12. The van der Waals surface area contributed by atoms with E-state index in [1.165, 1.54) is 36.1 Å². The number of fused-ring (bicyclic) bond motifs is 2. The molecule has 2 aromatic rings. The zero-order valence-corrected chi connectivity index (χ0v) is 25.8. The highest BCUT2D eigenvalue weighted by Crippen LogP contribution is 2.24. The van der Waals surface area contributed by atoms with Gasteiger partial charge in [-0.1, -0.05) is 12.1 Å². The van der Waals surface area contributed by atoms with E-state index in [0.29, 0.717) is 27.1 Å². The van der Waals surface area contributed by atoms with Gasteiger partial charge in [0.25, 0.3) is 23.6 Å². The second-order valence-corrected chi connectivity index (χ2v) is 12.2. The van der Waals surface area contributed by atoms with Crippen molar-refractivity contribution in [1.82, 2.24) is 20.6 Å². The van der Waals surface area contributed by atoms with Crippen molar-refractivity contribution in [1.29, 1.82) is 0 Å². The highest BCUT2D eigenvalue weighted by Gasteiger charge is 2.42. The van der Waals surface area contributed by atoms with Gasteiger partial charge in [-0.25, -0.2) is 4.79 Å². The number of aliphatic hydroxyl groups is 1. The van der Waals surface area contributed by atoms with Crippen LogP contribution in [-0.4, -0.2) is 106 Å². The lowest BCUT2D eigenvalue weighted by molar-refractivity contribution is -0.198. The molecule has 0 saturated carbocycles. The van der Waals surface area contributed by atoms with Gasteiger partial charge in [0.05, 0.1) is 31.8 Å². The Bertz CT molecular complexity index is 1670. The van der Waals surface area contributed by atoms with Gasteiger partial charge in [0, 0.05) is 36.6 Å². The number of imide groups is 1. The smallest absolute Gasteiger partial charge is 0.423 e. The lowest BCUT2D eigenvalue weighted by atomic mass is 9.78. The Morgan fingerprint density at radius 3 is 2.02 bits per heavy atom. The summed E-state index contributed by atoms with van der Waals surface area (Å²) in [7, 11) is -2.42. The molecule has 2 fully saturated rings. The summed E-state index contributed by atoms with van der Waals surface area (Å²) >= 11 is 0. The lowest BCUT2D eigenvalue weighted by Crippen LogP contribution is -2.59. The van der Waals surface area contributed by atoms with E-state index in [0.717, 1.165) is 0 Å². The van der Waals surface area contributed by atoms with E-state index in [9.17, 15) is 43.9 Å². The summed E-state index contributed by atoms with van der Waals surface area (Å²) in [4.78, 5) is 83.8. The fourth-order valence-electron chi connectivity index (χ4n) is 6.23. The van der Waals surface area contributed by atoms with Gasteiger partial charge in [-0.3, -0.25) is 24.0 Å². The van der Waals surface area contributed by atoms with Crippen LogP contribution >= 0.6 is 0 Å². The number of rotatable bonds is 9. The van der Waals surface area contributed by atoms with Crippen LogP contribution in [0.4, 0.5) is 0 Å². The Balaban J connectivity index is 1.22. The third kappa shape index (κ3) is 6.70. The summed E-state index contributed by atoms with van der Waals surface area (Å²) in [5.41, 5.74) is 2.49. The molecule has 4 aliphatic heterocycles. The number of β-amino-alcohol motifs (C(OH)–C–C–N with tert-alkyl or cyclic N) is 1. The molecule has 4 aliphatic rings. The van der Waals surface area contributed by atoms with Crippen molar-refractivity contribution in [2.75, 3.05) is 6.54 Å². The van der Waals surface area contributed by atoms with Crippen molar-refractivity contribution >= 4 is 60.7 Å². The summed E-state index contributed by atoms with van der Waals surface area (Å²) in [5, 5.41) is 36.5. The molecule has 16 nitrogen and oxygen atoms in total. The van der Waals surface area contributed by atoms with Crippen molar-refractivity contribution in [3.05, 3.63) is 58.7 Å². The number of nitrogens with zero attached hydrogens (tertiary/aromatic N) is 2. The molecule has 0 aliphatic carbocycles. The predicted molar refractivity (Wildman–Crippen MR) is 164 cm³/mol. The molecule has 1 unspecified atom stereocenters. The van der Waals surface area contributed by atoms with Gasteiger partial charge in [-0.05, 0) is 59.7 Å². The van der Waals surface area contributed by atoms with Crippen LogP contribution in [0.5, 0.6) is 0 Å². The first-order valence-corrected chi connectivity index (χ1v) is 15.4. The highest BCUT2D eigenvalue weighted by atomic mass is 16.7. The van der Waals surface area contributed by atoms with Crippen molar-refractivity contribution in [2.24, 2.45) is 0 Å². The molecule has 5 amide bonds. The van der Waals surface area contributed by atoms with E-state index in [4.69, 9.17) is 14.1 Å². The van der Waals surface area contributed by atoms with Gasteiger partial charge in [0.1, 0.15) is 6.04 Å². The Hall–Kier alpha value is -4.61. The van der Waals surface area contributed by atoms with Crippen LogP contribution in [0.15, 0.2) is 36.4 Å². The first-order valence-electron chi connectivity index (χ1n) is 15.4. The number of carbonyl (C=O) groups excluding carboxylic acids is 6. The standard InChI is InChI=1S/C30H32B2N4O12/c1-15(33-28(41)16-2-4-18-13-46-31(44)22(18)8-16)27(34-29(42)17-3-5-19-14-47-32(45)23(19)9-17)30(43)35-12-21(37)10-20(35)11-26(40)48-36-24(38)6-7-25(36)39/h2-5,8-9,15,20-21,27,37,44-45H,6-7,10-14H2,1H3,(H,33,41)(H,34,42)/t15-,20-,21?,27-/m0/s1. The quantitative estimate of drug-likeness (QED) is 0.134. The minimum absolute atomic E-state index is 0.0353. The molecule has 6 rings (SSSR count). The first kappa shape index (κ1) is 33.3. The molecule has 0 aromatic heterocycles. The van der Waals surface area contributed by atoms with Crippen LogP contribution in [0.3, 0.4) is 0 Å². The minimum Gasteiger partial charge on any atom is -0.423 e. The van der Waals surface area contributed by atoms with Gasteiger partial charge < -0.3 is 44.8 Å². The number of likely N-dealkylation sites (tertiary alicyclic amines) is 1. The van der Waals surface area contributed by atoms with Gasteiger partial charge in [0.15, 0.2) is 0 Å². The lowest BCUT2D eigenvalue weighted by Gasteiger charge is -2.32. The number of amides is 5. The van der Waals surface area contributed by atoms with E-state index in [2.05, 4.69) is 10.6 Å². The zero-order valence-electron chi connectivity index (χ0n) is 25.8. The number of carbonyl (C=O) groups is 6. The van der Waals surface area contributed by atoms with Crippen LogP contribution < -0.4 is 21.6 Å². The second-order valence-electron chi connectivity index (χ2n) is 12.2. The predicted octanol–water partition coefficient (Wildman–Crippen LogP) is -3.00. The molecule has 4 atom stereocenters. The third-order valence-corrected chi connectivity index (χ3v) is 8.83. The Morgan fingerprint density at radius 2 is 1.46 bits per heavy atom. The van der Waals surface area contributed by atoms with Crippen LogP contribution in [0.2, 0.25) is 0 Å². The Morgan fingerprint density at radius 1 is 0.917 bits per heavy atom. The number of aliphatic hydroxyl groups excluding tert-OH is 1. The van der Waals surface area contributed by atoms with Crippen LogP contribution in [0, 0.1) is 0 Å². The first-order chi connectivity index (χ1) is 22.9. The Labute approximate surface area is 274 Å². The normalized spacial score (nSPS) is 21.2. The topological polar surface area (TPSA) is 221 Å². The van der Waals surface area contributed by atoms with Crippen molar-refractivity contribution in [3.63, 3.8) is 0 Å². The van der Waals surface area contributed by atoms with E-state index in [1.54, 1.807) is 12.1 Å². The molecule has 48 heavy (non-hydrogen) atoms. The molecule has 250 valence electrons. The maximum absolute atomic E-state index is 14.2. The molecule has 18 heteroatoms. The van der Waals surface area contributed by atoms with Crippen LogP contribution in [0.25, 0.3) is 0 Å². The van der Waals surface area contributed by atoms with Crippen molar-refractivity contribution in [3.8, 4) is 0 Å². The fourth-order valence-corrected chi connectivity index (χ4v) is 6.23. The van der Waals surface area contributed by atoms with Gasteiger partial charge in [-0.2, -0.15) is 0 Å². The van der Waals surface area contributed by atoms with Crippen molar-refractivity contribution < 1.29 is 58.1 Å². The average Bonchev–Trinajstić information content (AvgIpc) is 3.82. The summed E-state index contributed by atoms with van der Waals surface area (Å²) in [6, 6.07) is 5.77. The second kappa shape index (κ2) is 13.5. The number of hydrogen-bond acceptors (Lipinski definition) is 12. The molecule has 0 spiro atoms. The molecule has 2 aromatic carbocycles. The monoisotopic (exact) mass is 662 g/mol. The summed E-state index contributed by atoms with van der Waals surface area (Å²) in [6.07, 6.45) is -1.74. The minimum atomic E-state index is -1.43. The highest BCUT2D eigenvalue weighted by molar-refractivity contribution is 6.62. The largest absolute Gasteiger partial charge is 0.491 e. The van der Waals surface area contributed by atoms with E-state index in [-0.39, 0.29) is 50.1 Å². The maximum atomic E-state index is 14.2. The van der Waals surface area contributed by atoms with Crippen molar-refractivity contribution in [2.45, 2.75) is 70.1 Å². The number of hydrogen-bond donors (Lipinski definition) is 5. The molecular weight excluding hydrogens is 630 g/mol. The van der Waals surface area contributed by atoms with Crippen LogP contribution in [0.1, 0.15) is 64.4 Å². The summed E-state index contributed by atoms with van der Waals surface area (Å²) in [5.74, 6) is -4.38. The van der Waals surface area contributed by atoms with Crippen LogP contribution in [-0.2, 0) is 46.5 Å². The van der Waals surface area contributed by atoms with E-state index >= 15 is 0 Å². The molecule has 4 heterocycles. The number of hydroxylamine groups is 2. The fraction of sp³-hybridized carbons (Fsp3) is 0.400. The molecule has 0 radical (unpaired) electrons. The number of nitrogens with one attached hydrogen (secondary N) is 2. The van der Waals surface area contributed by atoms with Gasteiger partial charge in [-0.15, -0.1) is 5.06 Å². The van der Waals surface area contributed by atoms with E-state index < -0.39 is 80.4 Å². The zero-order chi connectivity index (χ0) is 34.3.